The van der Waals surface area contributed by atoms with Crippen molar-refractivity contribution in [2.75, 3.05) is 13.7 Å². The van der Waals surface area contributed by atoms with E-state index < -0.39 is 12.0 Å². The number of carbonyl (C=O) groups is 1. The summed E-state index contributed by atoms with van der Waals surface area (Å²) in [6.45, 7) is 3.70. The van der Waals surface area contributed by atoms with Crippen LogP contribution in [0, 0.1) is 7.14 Å². The van der Waals surface area contributed by atoms with Crippen molar-refractivity contribution in [3.05, 3.63) is 102 Å². The van der Waals surface area contributed by atoms with Gasteiger partial charge in [0.1, 0.15) is 23.3 Å². The number of aromatic nitrogens is 1. The molecule has 39 heavy (non-hydrogen) atoms. The molecule has 1 atom stereocenters. The number of esters is 1. The first-order valence-corrected chi connectivity index (χ1v) is 15.6. The van der Waals surface area contributed by atoms with E-state index in [0.717, 1.165) is 28.5 Å². The third kappa shape index (κ3) is 5.55. The van der Waals surface area contributed by atoms with Gasteiger partial charge in [0, 0.05) is 10.0 Å². The van der Waals surface area contributed by atoms with Crippen LogP contribution in [0.1, 0.15) is 31.2 Å². The molecule has 7 nitrogen and oxygen atoms in total. The van der Waals surface area contributed by atoms with Crippen LogP contribution in [0.3, 0.4) is 0 Å². The van der Waals surface area contributed by atoms with E-state index in [4.69, 9.17) is 13.9 Å². The second-order valence-electron chi connectivity index (χ2n) is 8.53. The number of carbonyl (C=O) groups excluding carboxylic acids is 1. The maximum absolute atomic E-state index is 13.9. The molecule has 2 aromatic heterocycles. The second-order valence-corrected chi connectivity index (χ2v) is 12.8. The molecular formula is C28H21BrI2N2O5S. The quantitative estimate of drug-likeness (QED) is 0.175. The first-order chi connectivity index (χ1) is 18.7. The van der Waals surface area contributed by atoms with Crippen LogP contribution in [-0.2, 0) is 9.53 Å². The maximum Gasteiger partial charge on any atom is 0.338 e. The molecule has 0 N–H and O–H groups in total. The molecule has 3 heterocycles. The molecule has 0 radical (unpaired) electrons. The standard InChI is InChI=1S/C28H21BrI2N2O5S/c1-4-37-27(35)23-14(2)32-28-33(24(23)21-10-9-20(38-21)16-5-7-17(29)8-6-16)26(34)22(39-28)13-15-11-18(30)25(36-3)19(31)12-15/h5-13,24H,4H2,1-3H3/b22-13-/t24-/m1/s1. The summed E-state index contributed by atoms with van der Waals surface area (Å²) in [5.41, 5.74) is 2.24. The lowest BCUT2D eigenvalue weighted by Gasteiger charge is -2.22. The van der Waals surface area contributed by atoms with Gasteiger partial charge < -0.3 is 13.9 Å². The Morgan fingerprint density at radius 1 is 1.18 bits per heavy atom. The van der Waals surface area contributed by atoms with E-state index in [9.17, 15) is 9.59 Å². The van der Waals surface area contributed by atoms with Gasteiger partial charge in [-0.1, -0.05) is 39.4 Å². The number of hydrogen-bond donors (Lipinski definition) is 0. The van der Waals surface area contributed by atoms with Crippen molar-refractivity contribution in [2.45, 2.75) is 19.9 Å². The third-order valence-corrected chi connectivity index (χ3v) is 9.18. The molecule has 0 saturated heterocycles. The van der Waals surface area contributed by atoms with Gasteiger partial charge in [0.25, 0.3) is 5.56 Å². The molecule has 1 aliphatic heterocycles. The summed E-state index contributed by atoms with van der Waals surface area (Å²) in [5.74, 6) is 1.34. The van der Waals surface area contributed by atoms with Gasteiger partial charge in [0.05, 0.1) is 36.7 Å². The molecule has 0 amide bonds. The van der Waals surface area contributed by atoms with Crippen LogP contribution in [0.2, 0.25) is 0 Å². The average molecular weight is 831 g/mol. The Bertz CT molecular complexity index is 1780. The van der Waals surface area contributed by atoms with Crippen molar-refractivity contribution in [3.63, 3.8) is 0 Å². The number of methoxy groups -OCH3 is 1. The van der Waals surface area contributed by atoms with Crippen molar-refractivity contribution < 1.29 is 18.7 Å². The highest BCUT2D eigenvalue weighted by Crippen LogP contribution is 2.34. The number of thiazole rings is 1. The fraction of sp³-hybridized carbons (Fsp3) is 0.179. The summed E-state index contributed by atoms with van der Waals surface area (Å²) >= 11 is 9.16. The molecule has 0 spiro atoms. The summed E-state index contributed by atoms with van der Waals surface area (Å²) in [5, 5.41) is 0. The molecule has 11 heteroatoms. The van der Waals surface area contributed by atoms with E-state index in [1.807, 2.05) is 48.5 Å². The molecule has 0 bridgehead atoms. The van der Waals surface area contributed by atoms with Crippen molar-refractivity contribution in [2.24, 2.45) is 4.99 Å². The molecule has 5 rings (SSSR count). The second kappa shape index (κ2) is 11.7. The zero-order chi connectivity index (χ0) is 27.8. The predicted octanol–water partition coefficient (Wildman–Crippen LogP) is 6.04. The van der Waals surface area contributed by atoms with Gasteiger partial charge in [0.2, 0.25) is 0 Å². The lowest BCUT2D eigenvalue weighted by Crippen LogP contribution is -2.39. The molecule has 0 saturated carbocycles. The van der Waals surface area contributed by atoms with Crippen molar-refractivity contribution in [1.82, 2.24) is 4.57 Å². The van der Waals surface area contributed by atoms with Crippen LogP contribution >= 0.6 is 72.4 Å². The highest BCUT2D eigenvalue weighted by molar-refractivity contribution is 14.1. The van der Waals surface area contributed by atoms with Crippen molar-refractivity contribution >= 4 is 84.5 Å². The zero-order valence-electron chi connectivity index (χ0n) is 21.0. The SMILES string of the molecule is CCOC(=O)C1=C(C)N=c2s/c(=C\c3cc(I)c(OC)c(I)c3)c(=O)n2[C@@H]1c1ccc(-c2ccc(Br)cc2)o1. The van der Waals surface area contributed by atoms with Crippen LogP contribution in [0.4, 0.5) is 0 Å². The Labute approximate surface area is 263 Å². The molecular weight excluding hydrogens is 810 g/mol. The van der Waals surface area contributed by atoms with Crippen LogP contribution in [0.25, 0.3) is 17.4 Å². The number of hydrogen-bond acceptors (Lipinski definition) is 7. The largest absolute Gasteiger partial charge is 0.495 e. The summed E-state index contributed by atoms with van der Waals surface area (Å²) < 4.78 is 22.0. The van der Waals surface area contributed by atoms with Gasteiger partial charge in [-0.15, -0.1) is 0 Å². The van der Waals surface area contributed by atoms with Gasteiger partial charge in [0.15, 0.2) is 4.80 Å². The predicted molar refractivity (Wildman–Crippen MR) is 171 cm³/mol. The highest BCUT2D eigenvalue weighted by atomic mass is 127. The third-order valence-electron chi connectivity index (χ3n) is 6.06. The summed E-state index contributed by atoms with van der Waals surface area (Å²) in [4.78, 5) is 32.1. The number of nitrogens with zero attached hydrogens (tertiary/aromatic N) is 2. The normalized spacial score (nSPS) is 15.2. The number of furan rings is 1. The average Bonchev–Trinajstić information content (AvgIpc) is 3.49. The minimum Gasteiger partial charge on any atom is -0.495 e. The monoisotopic (exact) mass is 830 g/mol. The molecule has 0 unspecified atom stereocenters. The van der Waals surface area contributed by atoms with Crippen LogP contribution in [-0.4, -0.2) is 24.3 Å². The van der Waals surface area contributed by atoms with Crippen LogP contribution in [0.5, 0.6) is 5.75 Å². The molecule has 200 valence electrons. The number of benzene rings is 2. The van der Waals surface area contributed by atoms with Crippen LogP contribution in [0.15, 0.2) is 78.5 Å². The first-order valence-electron chi connectivity index (χ1n) is 11.8. The Balaban J connectivity index is 1.68. The van der Waals surface area contributed by atoms with Crippen molar-refractivity contribution in [3.8, 4) is 17.1 Å². The fourth-order valence-corrected chi connectivity index (χ4v) is 7.91. The van der Waals surface area contributed by atoms with Crippen molar-refractivity contribution in [1.29, 1.82) is 0 Å². The minimum absolute atomic E-state index is 0.198. The van der Waals surface area contributed by atoms with E-state index in [1.165, 1.54) is 15.9 Å². The fourth-order valence-electron chi connectivity index (χ4n) is 4.34. The summed E-state index contributed by atoms with van der Waals surface area (Å²) in [6.07, 6.45) is 1.84. The van der Waals surface area contributed by atoms with E-state index in [2.05, 4.69) is 66.1 Å². The van der Waals surface area contributed by atoms with Gasteiger partial charge in [-0.2, -0.15) is 0 Å². The first kappa shape index (κ1) is 28.3. The highest BCUT2D eigenvalue weighted by Gasteiger charge is 2.35. The summed E-state index contributed by atoms with van der Waals surface area (Å²) in [7, 11) is 1.64. The minimum atomic E-state index is -0.817. The number of halogens is 3. The van der Waals surface area contributed by atoms with E-state index in [1.54, 1.807) is 27.0 Å². The number of rotatable bonds is 6. The summed E-state index contributed by atoms with van der Waals surface area (Å²) in [6, 6.07) is 14.5. The Kier molecular flexibility index (Phi) is 8.50. The topological polar surface area (TPSA) is 83.0 Å². The molecule has 0 fully saturated rings. The Morgan fingerprint density at radius 3 is 2.51 bits per heavy atom. The maximum atomic E-state index is 13.9. The molecule has 4 aromatic rings. The number of fused-ring (bicyclic) bond motifs is 1. The number of ether oxygens (including phenoxy) is 2. The lowest BCUT2D eigenvalue weighted by atomic mass is 10.0. The lowest BCUT2D eigenvalue weighted by molar-refractivity contribution is -0.139. The Hall–Kier alpha value is -2.23. The number of allylic oxidation sites excluding steroid dienone is 1. The Morgan fingerprint density at radius 2 is 1.87 bits per heavy atom. The van der Waals surface area contributed by atoms with Gasteiger partial charge in [-0.25, -0.2) is 9.79 Å². The smallest absolute Gasteiger partial charge is 0.338 e. The molecule has 1 aliphatic rings. The van der Waals surface area contributed by atoms with Gasteiger partial charge in [-0.3, -0.25) is 9.36 Å². The molecule has 2 aromatic carbocycles. The molecule has 0 aliphatic carbocycles. The van der Waals surface area contributed by atoms with E-state index in [0.29, 0.717) is 26.6 Å². The van der Waals surface area contributed by atoms with E-state index in [-0.39, 0.29) is 17.7 Å². The van der Waals surface area contributed by atoms with Gasteiger partial charge >= 0.3 is 5.97 Å². The zero-order valence-corrected chi connectivity index (χ0v) is 27.7. The van der Waals surface area contributed by atoms with E-state index >= 15 is 0 Å². The van der Waals surface area contributed by atoms with Gasteiger partial charge in [-0.05, 0) is 107 Å². The van der Waals surface area contributed by atoms with Crippen LogP contribution < -0.4 is 19.6 Å².